The highest BCUT2D eigenvalue weighted by molar-refractivity contribution is 5.99. The van der Waals surface area contributed by atoms with E-state index < -0.39 is 12.1 Å². The maximum atomic E-state index is 12.1. The van der Waals surface area contributed by atoms with Crippen molar-refractivity contribution in [1.82, 2.24) is 5.32 Å². The molecule has 0 bridgehead atoms. The van der Waals surface area contributed by atoms with Crippen molar-refractivity contribution in [3.05, 3.63) is 84.4 Å². The van der Waals surface area contributed by atoms with Gasteiger partial charge in [0.1, 0.15) is 12.4 Å². The van der Waals surface area contributed by atoms with Crippen molar-refractivity contribution in [2.75, 3.05) is 12.4 Å². The van der Waals surface area contributed by atoms with Crippen molar-refractivity contribution in [3.63, 3.8) is 0 Å². The third kappa shape index (κ3) is 6.00. The maximum Gasteiger partial charge on any atom is 0.420 e. The molecule has 3 amide bonds. The Kier molecular flexibility index (Phi) is 6.67. The minimum Gasteiger partial charge on any atom is -0.493 e. The third-order valence-electron chi connectivity index (χ3n) is 3.83. The van der Waals surface area contributed by atoms with Gasteiger partial charge < -0.3 is 19.5 Å². The second-order valence-corrected chi connectivity index (χ2v) is 5.92. The molecule has 3 aromatic carbocycles. The van der Waals surface area contributed by atoms with E-state index in [4.69, 9.17) is 14.2 Å². The van der Waals surface area contributed by atoms with Crippen molar-refractivity contribution in [3.8, 4) is 17.2 Å². The fourth-order valence-electron chi connectivity index (χ4n) is 2.48. The lowest BCUT2D eigenvalue weighted by Gasteiger charge is -2.13. The summed E-state index contributed by atoms with van der Waals surface area (Å²) in [5, 5.41) is 4.66. The van der Waals surface area contributed by atoms with Crippen LogP contribution >= 0.6 is 0 Å². The largest absolute Gasteiger partial charge is 0.493 e. The summed E-state index contributed by atoms with van der Waals surface area (Å²) in [4.78, 5) is 23.9. The summed E-state index contributed by atoms with van der Waals surface area (Å²) in [6.07, 6.45) is -0.886. The molecule has 29 heavy (non-hydrogen) atoms. The van der Waals surface area contributed by atoms with Gasteiger partial charge in [0, 0.05) is 11.8 Å². The number of nitrogens with one attached hydrogen (secondary N) is 2. The highest BCUT2D eigenvalue weighted by Gasteiger charge is 2.12. The number of anilines is 1. The monoisotopic (exact) mass is 392 g/mol. The Balaban J connectivity index is 1.59. The van der Waals surface area contributed by atoms with E-state index in [-0.39, 0.29) is 0 Å². The Bertz CT molecular complexity index is 961. The Hall–Kier alpha value is -4.00. The molecule has 0 aliphatic rings. The van der Waals surface area contributed by atoms with Crippen molar-refractivity contribution >= 4 is 17.8 Å². The van der Waals surface area contributed by atoms with Crippen LogP contribution in [0, 0.1) is 0 Å². The lowest BCUT2D eigenvalue weighted by molar-refractivity contribution is 0.199. The Morgan fingerprint density at radius 2 is 1.55 bits per heavy atom. The van der Waals surface area contributed by atoms with Gasteiger partial charge in [-0.2, -0.15) is 0 Å². The molecule has 0 heterocycles. The first-order chi connectivity index (χ1) is 14.1. The fraction of sp³-hybridized carbons (Fsp3) is 0.0909. The average molecular weight is 392 g/mol. The van der Waals surface area contributed by atoms with Crippen molar-refractivity contribution < 1.29 is 23.8 Å². The first-order valence-electron chi connectivity index (χ1n) is 8.83. The first kappa shape index (κ1) is 19.8. The standard InChI is InChI=1S/C22H20N2O5/c1-27-19-13-12-17(14-20(19)28-15-16-8-4-2-5-9-16)23-21(25)24-22(26)29-18-10-6-3-7-11-18/h2-14H,15H2,1H3,(H2,23,24,25,26). The number of benzene rings is 3. The normalized spacial score (nSPS) is 9.97. The number of hydrogen-bond donors (Lipinski definition) is 2. The molecule has 148 valence electrons. The second kappa shape index (κ2) is 9.80. The summed E-state index contributed by atoms with van der Waals surface area (Å²) in [7, 11) is 1.53. The number of para-hydroxylation sites is 1. The molecule has 0 spiro atoms. The highest BCUT2D eigenvalue weighted by atomic mass is 16.6. The third-order valence-corrected chi connectivity index (χ3v) is 3.83. The summed E-state index contributed by atoms with van der Waals surface area (Å²) >= 11 is 0. The molecule has 0 fully saturated rings. The molecule has 3 rings (SSSR count). The molecule has 0 saturated heterocycles. The van der Waals surface area contributed by atoms with Crippen molar-refractivity contribution in [1.29, 1.82) is 0 Å². The zero-order valence-corrected chi connectivity index (χ0v) is 15.8. The average Bonchev–Trinajstić information content (AvgIpc) is 2.73. The number of amides is 3. The van der Waals surface area contributed by atoms with Gasteiger partial charge in [0.15, 0.2) is 11.5 Å². The number of imide groups is 1. The van der Waals surface area contributed by atoms with Gasteiger partial charge in [-0.1, -0.05) is 48.5 Å². The van der Waals surface area contributed by atoms with E-state index in [1.54, 1.807) is 48.5 Å². The van der Waals surface area contributed by atoms with Gasteiger partial charge >= 0.3 is 12.1 Å². The second-order valence-electron chi connectivity index (χ2n) is 5.92. The predicted octanol–water partition coefficient (Wildman–Crippen LogP) is 4.59. The lowest BCUT2D eigenvalue weighted by Crippen LogP contribution is -2.36. The van der Waals surface area contributed by atoms with Crippen LogP contribution in [0.25, 0.3) is 0 Å². The van der Waals surface area contributed by atoms with E-state index in [9.17, 15) is 9.59 Å². The number of carbonyl (C=O) groups is 2. The van der Waals surface area contributed by atoms with E-state index in [1.807, 2.05) is 30.3 Å². The molecule has 7 nitrogen and oxygen atoms in total. The molecule has 0 saturated carbocycles. The minimum atomic E-state index is -0.886. The van der Waals surface area contributed by atoms with Crippen LogP contribution in [0.1, 0.15) is 5.56 Å². The zero-order valence-electron chi connectivity index (χ0n) is 15.8. The van der Waals surface area contributed by atoms with Crippen molar-refractivity contribution in [2.45, 2.75) is 6.61 Å². The molecule has 0 aromatic heterocycles. The van der Waals surface area contributed by atoms with Crippen LogP contribution in [-0.2, 0) is 6.61 Å². The minimum absolute atomic E-state index is 0.332. The smallest absolute Gasteiger partial charge is 0.420 e. The van der Waals surface area contributed by atoms with E-state index >= 15 is 0 Å². The number of carbonyl (C=O) groups excluding carboxylic acids is 2. The van der Waals surface area contributed by atoms with Crippen LogP contribution in [0.15, 0.2) is 78.9 Å². The Morgan fingerprint density at radius 1 is 0.862 bits per heavy atom. The molecular formula is C22H20N2O5. The Labute approximate surface area is 168 Å². The summed E-state index contributed by atoms with van der Waals surface area (Å²) in [5.41, 5.74) is 1.42. The summed E-state index contributed by atoms with van der Waals surface area (Å²) in [5.74, 6) is 1.32. The van der Waals surface area contributed by atoms with Crippen LogP contribution in [0.4, 0.5) is 15.3 Å². The maximum absolute atomic E-state index is 12.1. The molecule has 0 aliphatic carbocycles. The molecular weight excluding hydrogens is 372 g/mol. The molecule has 2 N–H and O–H groups in total. The molecule has 0 unspecified atom stereocenters. The van der Waals surface area contributed by atoms with E-state index in [0.717, 1.165) is 5.56 Å². The molecule has 0 aliphatic heterocycles. The van der Waals surface area contributed by atoms with Gasteiger partial charge in [0.2, 0.25) is 0 Å². The number of hydrogen-bond acceptors (Lipinski definition) is 5. The number of rotatable bonds is 6. The van der Waals surface area contributed by atoms with Gasteiger partial charge in [0.05, 0.1) is 7.11 Å². The SMILES string of the molecule is COc1ccc(NC(=O)NC(=O)Oc2ccccc2)cc1OCc1ccccc1. The molecule has 7 heteroatoms. The van der Waals surface area contributed by atoms with E-state index in [2.05, 4.69) is 10.6 Å². The zero-order chi connectivity index (χ0) is 20.5. The predicted molar refractivity (Wildman–Crippen MR) is 108 cm³/mol. The topological polar surface area (TPSA) is 85.9 Å². The van der Waals surface area contributed by atoms with E-state index in [0.29, 0.717) is 29.5 Å². The summed E-state index contributed by atoms with van der Waals surface area (Å²) in [6.45, 7) is 0.344. The van der Waals surface area contributed by atoms with Gasteiger partial charge in [-0.25, -0.2) is 14.9 Å². The van der Waals surface area contributed by atoms with Crippen LogP contribution in [0.5, 0.6) is 17.2 Å². The van der Waals surface area contributed by atoms with Crippen LogP contribution < -0.4 is 24.8 Å². The van der Waals surface area contributed by atoms with Gasteiger partial charge in [-0.3, -0.25) is 0 Å². The van der Waals surface area contributed by atoms with Gasteiger partial charge in [0.25, 0.3) is 0 Å². The fourth-order valence-corrected chi connectivity index (χ4v) is 2.48. The number of urea groups is 1. The first-order valence-corrected chi connectivity index (χ1v) is 8.83. The highest BCUT2D eigenvalue weighted by Crippen LogP contribution is 2.31. The summed E-state index contributed by atoms with van der Waals surface area (Å²) < 4.78 is 16.1. The molecule has 0 atom stereocenters. The Morgan fingerprint density at radius 3 is 2.24 bits per heavy atom. The van der Waals surface area contributed by atoms with Crippen LogP contribution in [-0.4, -0.2) is 19.2 Å². The van der Waals surface area contributed by atoms with E-state index in [1.165, 1.54) is 7.11 Å². The number of ether oxygens (including phenoxy) is 3. The van der Waals surface area contributed by atoms with Gasteiger partial charge in [-0.15, -0.1) is 0 Å². The lowest BCUT2D eigenvalue weighted by atomic mass is 10.2. The number of methoxy groups -OCH3 is 1. The molecule has 0 radical (unpaired) electrons. The van der Waals surface area contributed by atoms with Gasteiger partial charge in [-0.05, 0) is 29.8 Å². The van der Waals surface area contributed by atoms with Crippen LogP contribution in [0.3, 0.4) is 0 Å². The van der Waals surface area contributed by atoms with Crippen molar-refractivity contribution in [2.24, 2.45) is 0 Å². The summed E-state index contributed by atoms with van der Waals surface area (Å²) in [6, 6.07) is 22.3. The van der Waals surface area contributed by atoms with Crippen LogP contribution in [0.2, 0.25) is 0 Å². The molecule has 3 aromatic rings. The quantitative estimate of drug-likeness (QED) is 0.641.